The summed E-state index contributed by atoms with van der Waals surface area (Å²) in [7, 11) is -2.16. The minimum atomic E-state index is -3.71. The zero-order chi connectivity index (χ0) is 21.2. The van der Waals surface area contributed by atoms with Crippen molar-refractivity contribution in [3.63, 3.8) is 0 Å². The summed E-state index contributed by atoms with van der Waals surface area (Å²) in [5, 5.41) is 4.25. The molecule has 2 atom stereocenters. The lowest BCUT2D eigenvalue weighted by molar-refractivity contribution is -0.116. The van der Waals surface area contributed by atoms with Crippen molar-refractivity contribution in [3.8, 4) is 5.75 Å². The third-order valence-electron chi connectivity index (χ3n) is 4.59. The van der Waals surface area contributed by atoms with Crippen LogP contribution < -0.4 is 15.4 Å². The Kier molecular flexibility index (Phi) is 6.18. The standard InChI is InChI=1S/C20H22N2O5S2/c1-12(10-19(23)21-14-4-6-15(27-3)7-5-14)29(25,26)16-8-9-17-18(11-16)28-13(2)20(24)22-17/h4-9,11-13H,10H2,1-3H3,(H,21,23)(H,22,24). The fourth-order valence-corrected chi connectivity index (χ4v) is 5.29. The molecule has 0 aromatic heterocycles. The van der Waals surface area contributed by atoms with E-state index in [9.17, 15) is 18.0 Å². The third kappa shape index (κ3) is 4.73. The first-order valence-electron chi connectivity index (χ1n) is 9.00. The molecule has 1 heterocycles. The molecule has 2 unspecified atom stereocenters. The SMILES string of the molecule is COc1ccc(NC(=O)CC(C)S(=O)(=O)c2ccc3c(c2)SC(C)C(=O)N3)cc1. The van der Waals surface area contributed by atoms with Gasteiger partial charge in [-0.2, -0.15) is 0 Å². The van der Waals surface area contributed by atoms with E-state index >= 15 is 0 Å². The molecule has 0 bridgehead atoms. The molecule has 1 aliphatic heterocycles. The molecule has 2 aromatic rings. The summed E-state index contributed by atoms with van der Waals surface area (Å²) in [6.07, 6.45) is -0.175. The number of rotatable bonds is 6. The van der Waals surface area contributed by atoms with E-state index in [1.807, 2.05) is 0 Å². The zero-order valence-electron chi connectivity index (χ0n) is 16.3. The molecule has 0 spiro atoms. The lowest BCUT2D eigenvalue weighted by Gasteiger charge is -2.22. The van der Waals surface area contributed by atoms with Gasteiger partial charge in [0, 0.05) is 17.0 Å². The number of thioether (sulfide) groups is 1. The van der Waals surface area contributed by atoms with Crippen LogP contribution in [-0.4, -0.2) is 37.8 Å². The monoisotopic (exact) mass is 434 g/mol. The van der Waals surface area contributed by atoms with E-state index < -0.39 is 15.1 Å². The van der Waals surface area contributed by atoms with Crippen molar-refractivity contribution in [1.29, 1.82) is 0 Å². The first-order valence-corrected chi connectivity index (χ1v) is 11.4. The summed E-state index contributed by atoms with van der Waals surface area (Å²) in [6, 6.07) is 11.4. The highest BCUT2D eigenvalue weighted by atomic mass is 32.2. The van der Waals surface area contributed by atoms with E-state index in [4.69, 9.17) is 4.74 Å². The Morgan fingerprint density at radius 2 is 1.93 bits per heavy atom. The lowest BCUT2D eigenvalue weighted by atomic mass is 10.2. The second-order valence-corrected chi connectivity index (χ2v) is 10.5. The molecular weight excluding hydrogens is 412 g/mol. The fraction of sp³-hybridized carbons (Fsp3) is 0.300. The summed E-state index contributed by atoms with van der Waals surface area (Å²) >= 11 is 1.31. The molecule has 2 aromatic carbocycles. The maximum atomic E-state index is 12.9. The highest BCUT2D eigenvalue weighted by Gasteiger charge is 2.29. The molecule has 0 saturated carbocycles. The van der Waals surface area contributed by atoms with Gasteiger partial charge in [0.25, 0.3) is 0 Å². The molecule has 1 aliphatic rings. The van der Waals surface area contributed by atoms with Gasteiger partial charge in [-0.3, -0.25) is 9.59 Å². The number of sulfone groups is 1. The topological polar surface area (TPSA) is 102 Å². The molecule has 0 radical (unpaired) electrons. The Morgan fingerprint density at radius 3 is 2.59 bits per heavy atom. The van der Waals surface area contributed by atoms with Crippen LogP contribution in [0.2, 0.25) is 0 Å². The summed E-state index contributed by atoms with van der Waals surface area (Å²) in [4.78, 5) is 24.9. The Balaban J connectivity index is 1.71. The van der Waals surface area contributed by atoms with Crippen LogP contribution in [0.15, 0.2) is 52.3 Å². The Morgan fingerprint density at radius 1 is 1.24 bits per heavy atom. The highest BCUT2D eigenvalue weighted by molar-refractivity contribution is 8.01. The van der Waals surface area contributed by atoms with Crippen LogP contribution in [0.3, 0.4) is 0 Å². The van der Waals surface area contributed by atoms with E-state index in [0.717, 1.165) is 0 Å². The number of hydrogen-bond donors (Lipinski definition) is 2. The van der Waals surface area contributed by atoms with Crippen LogP contribution in [0.4, 0.5) is 11.4 Å². The predicted octanol–water partition coefficient (Wildman–Crippen LogP) is 3.32. The first-order chi connectivity index (χ1) is 13.7. The number of ether oxygens (including phenoxy) is 1. The summed E-state index contributed by atoms with van der Waals surface area (Å²) in [5.41, 5.74) is 1.16. The lowest BCUT2D eigenvalue weighted by Crippen LogP contribution is -2.27. The van der Waals surface area contributed by atoms with Crippen molar-refractivity contribution >= 4 is 44.8 Å². The van der Waals surface area contributed by atoms with Crippen molar-refractivity contribution in [2.75, 3.05) is 17.7 Å². The number of nitrogens with one attached hydrogen (secondary N) is 2. The molecule has 9 heteroatoms. The molecule has 29 heavy (non-hydrogen) atoms. The number of carbonyl (C=O) groups excluding carboxylic acids is 2. The Labute approximate surface area is 174 Å². The quantitative estimate of drug-likeness (QED) is 0.723. The molecule has 0 saturated heterocycles. The largest absolute Gasteiger partial charge is 0.497 e. The Bertz CT molecular complexity index is 1040. The van der Waals surface area contributed by atoms with Crippen molar-refractivity contribution in [2.24, 2.45) is 0 Å². The van der Waals surface area contributed by atoms with Gasteiger partial charge in [-0.25, -0.2) is 8.42 Å². The van der Waals surface area contributed by atoms with Gasteiger partial charge in [0.2, 0.25) is 11.8 Å². The minimum Gasteiger partial charge on any atom is -0.497 e. The van der Waals surface area contributed by atoms with Gasteiger partial charge in [0.05, 0.1) is 28.2 Å². The van der Waals surface area contributed by atoms with Crippen molar-refractivity contribution in [1.82, 2.24) is 0 Å². The molecule has 2 N–H and O–H groups in total. The van der Waals surface area contributed by atoms with Crippen molar-refractivity contribution in [3.05, 3.63) is 42.5 Å². The summed E-state index contributed by atoms with van der Waals surface area (Å²) < 4.78 is 31.0. The van der Waals surface area contributed by atoms with Gasteiger partial charge in [-0.05, 0) is 56.3 Å². The third-order valence-corrected chi connectivity index (χ3v) is 7.89. The average Bonchev–Trinajstić information content (AvgIpc) is 2.69. The molecule has 2 amide bonds. The molecule has 3 rings (SSSR count). The number of benzene rings is 2. The number of fused-ring (bicyclic) bond motifs is 1. The van der Waals surface area contributed by atoms with Gasteiger partial charge < -0.3 is 15.4 Å². The zero-order valence-corrected chi connectivity index (χ0v) is 17.9. The second kappa shape index (κ2) is 8.46. The van der Waals surface area contributed by atoms with E-state index in [1.54, 1.807) is 50.4 Å². The van der Waals surface area contributed by atoms with Crippen LogP contribution in [0, 0.1) is 0 Å². The second-order valence-electron chi connectivity index (χ2n) is 6.74. The fourth-order valence-electron chi connectivity index (χ4n) is 2.85. The number of anilines is 2. The van der Waals surface area contributed by atoms with Gasteiger partial charge in [0.1, 0.15) is 5.75 Å². The Hall–Kier alpha value is -2.52. The number of methoxy groups -OCH3 is 1. The van der Waals surface area contributed by atoms with Gasteiger partial charge in [-0.15, -0.1) is 11.8 Å². The van der Waals surface area contributed by atoms with Crippen LogP contribution in [0.1, 0.15) is 20.3 Å². The van der Waals surface area contributed by atoms with Crippen molar-refractivity contribution in [2.45, 2.75) is 40.6 Å². The molecule has 0 fully saturated rings. The van der Waals surface area contributed by atoms with Crippen LogP contribution in [0.25, 0.3) is 0 Å². The molecular formula is C20H22N2O5S2. The van der Waals surface area contributed by atoms with Gasteiger partial charge in [0.15, 0.2) is 9.84 Å². The van der Waals surface area contributed by atoms with E-state index in [2.05, 4.69) is 10.6 Å². The van der Waals surface area contributed by atoms with E-state index in [0.29, 0.717) is 22.0 Å². The maximum Gasteiger partial charge on any atom is 0.237 e. The van der Waals surface area contributed by atoms with Crippen LogP contribution in [-0.2, 0) is 19.4 Å². The van der Waals surface area contributed by atoms with Crippen LogP contribution >= 0.6 is 11.8 Å². The van der Waals surface area contributed by atoms with Gasteiger partial charge in [-0.1, -0.05) is 0 Å². The van der Waals surface area contributed by atoms with Gasteiger partial charge >= 0.3 is 0 Å². The molecule has 154 valence electrons. The highest BCUT2D eigenvalue weighted by Crippen LogP contribution is 2.37. The van der Waals surface area contributed by atoms with Crippen molar-refractivity contribution < 1.29 is 22.7 Å². The normalized spacial score (nSPS) is 17.1. The summed E-state index contributed by atoms with van der Waals surface area (Å²) in [6.45, 7) is 3.27. The summed E-state index contributed by atoms with van der Waals surface area (Å²) in [5.74, 6) is 0.163. The first kappa shape index (κ1) is 21.2. The number of carbonyl (C=O) groups is 2. The average molecular weight is 435 g/mol. The number of amides is 2. The van der Waals surface area contributed by atoms with Crippen LogP contribution in [0.5, 0.6) is 5.75 Å². The predicted molar refractivity (Wildman–Crippen MR) is 113 cm³/mol. The van der Waals surface area contributed by atoms with E-state index in [-0.39, 0.29) is 28.4 Å². The number of hydrogen-bond acceptors (Lipinski definition) is 6. The van der Waals surface area contributed by atoms with E-state index in [1.165, 1.54) is 24.8 Å². The molecule has 0 aliphatic carbocycles. The molecule has 7 nitrogen and oxygen atoms in total. The minimum absolute atomic E-state index is 0.110. The smallest absolute Gasteiger partial charge is 0.237 e. The maximum absolute atomic E-state index is 12.9.